The highest BCUT2D eigenvalue weighted by Crippen LogP contribution is 2.20. The van der Waals surface area contributed by atoms with Crippen molar-refractivity contribution in [3.8, 4) is 5.75 Å². The molecule has 0 aromatic heterocycles. The fourth-order valence-corrected chi connectivity index (χ4v) is 3.72. The normalized spacial score (nSPS) is 18.3. The molecule has 2 rings (SSSR count). The molecule has 0 spiro atoms. The zero-order valence-corrected chi connectivity index (χ0v) is 14.1. The lowest BCUT2D eigenvalue weighted by Crippen LogP contribution is -2.45. The summed E-state index contributed by atoms with van der Waals surface area (Å²) in [5.74, 6) is -1.02. The van der Waals surface area contributed by atoms with E-state index in [9.17, 15) is 18.0 Å². The Labute approximate surface area is 140 Å². The number of carboxylic acid groups (broad SMARTS) is 1. The SMILES string of the molecule is CS(=O)(=O)N1CCCC1C(=O)NCc1cccc(OCC(=O)O)c1. The number of amides is 1. The van der Waals surface area contributed by atoms with Crippen LogP contribution in [-0.2, 0) is 26.2 Å². The van der Waals surface area contributed by atoms with Gasteiger partial charge in [-0.05, 0) is 30.5 Å². The molecule has 0 saturated carbocycles. The number of rotatable bonds is 7. The van der Waals surface area contributed by atoms with Crippen molar-refractivity contribution in [2.45, 2.75) is 25.4 Å². The van der Waals surface area contributed by atoms with Crippen LogP contribution in [0.25, 0.3) is 0 Å². The van der Waals surface area contributed by atoms with Crippen molar-refractivity contribution < 1.29 is 27.9 Å². The van der Waals surface area contributed by atoms with Gasteiger partial charge < -0.3 is 15.2 Å². The molecule has 1 aromatic carbocycles. The fourth-order valence-electron chi connectivity index (χ4n) is 2.60. The van der Waals surface area contributed by atoms with Crippen molar-refractivity contribution in [2.24, 2.45) is 0 Å². The third-order valence-corrected chi connectivity index (χ3v) is 4.95. The van der Waals surface area contributed by atoms with Gasteiger partial charge in [-0.15, -0.1) is 0 Å². The Kier molecular flexibility index (Phi) is 5.79. The van der Waals surface area contributed by atoms with Gasteiger partial charge in [0.25, 0.3) is 0 Å². The van der Waals surface area contributed by atoms with E-state index in [0.717, 1.165) is 11.8 Å². The van der Waals surface area contributed by atoms with Gasteiger partial charge in [0.1, 0.15) is 11.8 Å². The smallest absolute Gasteiger partial charge is 0.341 e. The van der Waals surface area contributed by atoms with Crippen LogP contribution in [0.3, 0.4) is 0 Å². The first-order chi connectivity index (χ1) is 11.3. The Morgan fingerprint density at radius 2 is 2.17 bits per heavy atom. The van der Waals surface area contributed by atoms with Gasteiger partial charge in [0.05, 0.1) is 6.26 Å². The summed E-state index contributed by atoms with van der Waals surface area (Å²) in [5, 5.41) is 11.3. The van der Waals surface area contributed by atoms with Crippen LogP contribution in [0.1, 0.15) is 18.4 Å². The van der Waals surface area contributed by atoms with Crippen LogP contribution < -0.4 is 10.1 Å². The second-order valence-corrected chi connectivity index (χ2v) is 7.51. The van der Waals surface area contributed by atoms with Gasteiger partial charge in [0.15, 0.2) is 6.61 Å². The van der Waals surface area contributed by atoms with Crippen LogP contribution in [0.2, 0.25) is 0 Å². The van der Waals surface area contributed by atoms with Gasteiger partial charge in [-0.2, -0.15) is 4.31 Å². The van der Waals surface area contributed by atoms with Crippen LogP contribution >= 0.6 is 0 Å². The van der Waals surface area contributed by atoms with Crippen molar-refractivity contribution in [1.82, 2.24) is 9.62 Å². The van der Waals surface area contributed by atoms with Gasteiger partial charge in [0, 0.05) is 13.1 Å². The largest absolute Gasteiger partial charge is 0.482 e. The van der Waals surface area contributed by atoms with Crippen LogP contribution in [0, 0.1) is 0 Å². The highest BCUT2D eigenvalue weighted by molar-refractivity contribution is 7.88. The number of carboxylic acids is 1. The van der Waals surface area contributed by atoms with E-state index < -0.39 is 28.6 Å². The van der Waals surface area contributed by atoms with E-state index in [2.05, 4.69) is 5.32 Å². The molecule has 1 heterocycles. The molecule has 8 nitrogen and oxygen atoms in total. The van der Waals surface area contributed by atoms with Gasteiger partial charge in [0.2, 0.25) is 15.9 Å². The average molecular weight is 356 g/mol. The molecule has 9 heteroatoms. The highest BCUT2D eigenvalue weighted by atomic mass is 32.2. The monoisotopic (exact) mass is 356 g/mol. The first-order valence-electron chi connectivity index (χ1n) is 7.45. The van der Waals surface area contributed by atoms with E-state index in [1.54, 1.807) is 24.3 Å². The molecule has 1 fully saturated rings. The zero-order chi connectivity index (χ0) is 17.7. The Balaban J connectivity index is 1.94. The topological polar surface area (TPSA) is 113 Å². The first kappa shape index (κ1) is 18.2. The van der Waals surface area contributed by atoms with Gasteiger partial charge in [-0.3, -0.25) is 4.79 Å². The van der Waals surface area contributed by atoms with E-state index in [1.807, 2.05) is 0 Å². The zero-order valence-electron chi connectivity index (χ0n) is 13.3. The van der Waals surface area contributed by atoms with E-state index in [1.165, 1.54) is 4.31 Å². The van der Waals surface area contributed by atoms with Crippen LogP contribution in [0.5, 0.6) is 5.75 Å². The highest BCUT2D eigenvalue weighted by Gasteiger charge is 2.36. The minimum absolute atomic E-state index is 0.206. The maximum atomic E-state index is 12.2. The summed E-state index contributed by atoms with van der Waals surface area (Å²) in [6, 6.07) is 6.03. The summed E-state index contributed by atoms with van der Waals surface area (Å²) >= 11 is 0. The van der Waals surface area contributed by atoms with Crippen molar-refractivity contribution in [3.63, 3.8) is 0 Å². The summed E-state index contributed by atoms with van der Waals surface area (Å²) in [5.41, 5.74) is 0.732. The van der Waals surface area contributed by atoms with E-state index >= 15 is 0 Å². The Hall–Kier alpha value is -2.13. The van der Waals surface area contributed by atoms with Gasteiger partial charge in [-0.1, -0.05) is 12.1 Å². The molecular weight excluding hydrogens is 336 g/mol. The number of carbonyl (C=O) groups is 2. The van der Waals surface area contributed by atoms with E-state index in [4.69, 9.17) is 9.84 Å². The van der Waals surface area contributed by atoms with Gasteiger partial charge in [-0.25, -0.2) is 13.2 Å². The number of hydrogen-bond acceptors (Lipinski definition) is 5. The number of nitrogens with zero attached hydrogens (tertiary/aromatic N) is 1. The number of carbonyl (C=O) groups excluding carboxylic acids is 1. The Morgan fingerprint density at radius 3 is 2.83 bits per heavy atom. The summed E-state index contributed by atoms with van der Waals surface area (Å²) < 4.78 is 29.6. The van der Waals surface area contributed by atoms with Crippen LogP contribution in [0.15, 0.2) is 24.3 Å². The molecule has 2 N–H and O–H groups in total. The summed E-state index contributed by atoms with van der Waals surface area (Å²) in [6.45, 7) is 0.119. The lowest BCUT2D eigenvalue weighted by atomic mass is 10.2. The third-order valence-electron chi connectivity index (χ3n) is 3.66. The Morgan fingerprint density at radius 1 is 1.42 bits per heavy atom. The molecule has 1 atom stereocenters. The molecule has 1 unspecified atom stereocenters. The maximum absolute atomic E-state index is 12.2. The molecule has 1 aliphatic heterocycles. The molecule has 1 saturated heterocycles. The van der Waals surface area contributed by atoms with Crippen molar-refractivity contribution in [3.05, 3.63) is 29.8 Å². The molecule has 1 amide bonds. The van der Waals surface area contributed by atoms with Crippen molar-refractivity contribution in [1.29, 1.82) is 0 Å². The van der Waals surface area contributed by atoms with Gasteiger partial charge >= 0.3 is 5.97 Å². The van der Waals surface area contributed by atoms with E-state index in [0.29, 0.717) is 25.1 Å². The number of nitrogens with one attached hydrogen (secondary N) is 1. The standard InChI is InChI=1S/C15H20N2O6S/c1-24(21,22)17-7-3-6-13(17)15(20)16-9-11-4-2-5-12(8-11)23-10-14(18)19/h2,4-5,8,13H,3,6-7,9-10H2,1H3,(H,16,20)(H,18,19). The number of benzene rings is 1. The van der Waals surface area contributed by atoms with Crippen molar-refractivity contribution in [2.75, 3.05) is 19.4 Å². The average Bonchev–Trinajstić information content (AvgIpc) is 3.01. The second kappa shape index (κ2) is 7.63. The second-order valence-electron chi connectivity index (χ2n) is 5.58. The third kappa shape index (κ3) is 4.93. The van der Waals surface area contributed by atoms with E-state index in [-0.39, 0.29) is 12.5 Å². The fraction of sp³-hybridized carbons (Fsp3) is 0.467. The predicted molar refractivity (Wildman–Crippen MR) is 86.0 cm³/mol. The quantitative estimate of drug-likeness (QED) is 0.721. The number of hydrogen-bond donors (Lipinski definition) is 2. The Bertz CT molecular complexity index is 718. The molecule has 24 heavy (non-hydrogen) atoms. The summed E-state index contributed by atoms with van der Waals surface area (Å²) in [4.78, 5) is 22.7. The molecule has 0 aliphatic carbocycles. The minimum atomic E-state index is -3.41. The lowest BCUT2D eigenvalue weighted by Gasteiger charge is -2.21. The first-order valence-corrected chi connectivity index (χ1v) is 9.30. The summed E-state index contributed by atoms with van der Waals surface area (Å²) in [7, 11) is -3.41. The molecule has 1 aliphatic rings. The minimum Gasteiger partial charge on any atom is -0.482 e. The maximum Gasteiger partial charge on any atom is 0.341 e. The number of aliphatic carboxylic acids is 1. The lowest BCUT2D eigenvalue weighted by molar-refractivity contribution is -0.139. The molecule has 132 valence electrons. The molecule has 0 radical (unpaired) electrons. The van der Waals surface area contributed by atoms with Crippen LogP contribution in [-0.4, -0.2) is 55.2 Å². The number of sulfonamides is 1. The molecular formula is C15H20N2O6S. The number of ether oxygens (including phenoxy) is 1. The molecule has 0 bridgehead atoms. The van der Waals surface area contributed by atoms with Crippen molar-refractivity contribution >= 4 is 21.9 Å². The summed E-state index contributed by atoms with van der Waals surface area (Å²) in [6.07, 6.45) is 2.26. The molecule has 1 aromatic rings. The van der Waals surface area contributed by atoms with Crippen LogP contribution in [0.4, 0.5) is 0 Å². The predicted octanol–water partition coefficient (Wildman–Crippen LogP) is 0.190.